The van der Waals surface area contributed by atoms with E-state index in [1.54, 1.807) is 0 Å². The molecule has 0 radical (unpaired) electrons. The maximum atomic E-state index is 12.9. The van der Waals surface area contributed by atoms with Gasteiger partial charge in [0, 0.05) is 18.3 Å². The molecule has 0 aromatic heterocycles. The first-order valence-corrected chi connectivity index (χ1v) is 7.57. The molecule has 4 rings (SSSR count). The monoisotopic (exact) mass is 260 g/mol. The Morgan fingerprint density at radius 3 is 2.79 bits per heavy atom. The number of hydrogen-bond acceptors (Lipinski definition) is 3. The van der Waals surface area contributed by atoms with Crippen LogP contribution in [0.15, 0.2) is 12.2 Å². The number of allylic oxidation sites excluding steroid dienone is 1. The van der Waals surface area contributed by atoms with Gasteiger partial charge in [0.05, 0.1) is 5.41 Å². The van der Waals surface area contributed by atoms with Crippen molar-refractivity contribution in [2.45, 2.75) is 50.5 Å². The molecule has 3 fully saturated rings. The summed E-state index contributed by atoms with van der Waals surface area (Å²) in [6.07, 6.45) is 9.57. The second kappa shape index (κ2) is 3.57. The van der Waals surface area contributed by atoms with Gasteiger partial charge in [-0.25, -0.2) is 0 Å². The fraction of sp³-hybridized carbons (Fsp3) is 0.750. The van der Waals surface area contributed by atoms with Gasteiger partial charge in [-0.2, -0.15) is 0 Å². The minimum absolute atomic E-state index is 0.0356. The summed E-state index contributed by atoms with van der Waals surface area (Å²) in [5.41, 5.74) is -2.14. The van der Waals surface area contributed by atoms with Gasteiger partial charge in [0.2, 0.25) is 0 Å². The average Bonchev–Trinajstić information content (AvgIpc) is 2.61. The summed E-state index contributed by atoms with van der Waals surface area (Å²) in [4.78, 5) is 25.7. The summed E-state index contributed by atoms with van der Waals surface area (Å²) in [5.74, 6) is 0.0507. The van der Waals surface area contributed by atoms with Gasteiger partial charge in [-0.3, -0.25) is 9.59 Å². The molecular formula is C16H20O3. The van der Waals surface area contributed by atoms with E-state index in [0.717, 1.165) is 32.1 Å². The van der Waals surface area contributed by atoms with E-state index in [9.17, 15) is 14.7 Å². The van der Waals surface area contributed by atoms with Crippen LogP contribution in [0.5, 0.6) is 0 Å². The van der Waals surface area contributed by atoms with Gasteiger partial charge in [-0.1, -0.05) is 25.0 Å². The van der Waals surface area contributed by atoms with Crippen LogP contribution in [-0.4, -0.2) is 22.3 Å². The number of aliphatic hydroxyl groups is 1. The summed E-state index contributed by atoms with van der Waals surface area (Å²) < 4.78 is 0. The Balaban J connectivity index is 1.95. The van der Waals surface area contributed by atoms with Crippen molar-refractivity contribution < 1.29 is 14.7 Å². The number of hydrogen-bond donors (Lipinski definition) is 1. The van der Waals surface area contributed by atoms with Crippen LogP contribution in [0.4, 0.5) is 0 Å². The minimum Gasteiger partial charge on any atom is -0.381 e. The molecule has 0 saturated heterocycles. The SMILES string of the molecule is O=C1[C@@H]2C[C@@H]3CCCC[C@]13[C@]1(O)CC=CC[C@H]2C1=O. The van der Waals surface area contributed by atoms with Crippen LogP contribution >= 0.6 is 0 Å². The van der Waals surface area contributed by atoms with E-state index in [4.69, 9.17) is 0 Å². The van der Waals surface area contributed by atoms with E-state index in [1.165, 1.54) is 0 Å². The van der Waals surface area contributed by atoms with Gasteiger partial charge in [0.15, 0.2) is 5.78 Å². The third kappa shape index (κ3) is 1.14. The average molecular weight is 260 g/mol. The maximum Gasteiger partial charge on any atom is 0.169 e. The molecule has 1 spiro atoms. The zero-order valence-electron chi connectivity index (χ0n) is 11.1. The zero-order chi connectivity index (χ0) is 13.3. The Hall–Kier alpha value is -0.960. The Kier molecular flexibility index (Phi) is 2.22. The fourth-order valence-electron chi connectivity index (χ4n) is 5.49. The Morgan fingerprint density at radius 2 is 1.95 bits per heavy atom. The lowest BCUT2D eigenvalue weighted by Gasteiger charge is -2.51. The predicted octanol–water partition coefficient (Wildman–Crippen LogP) is 2.03. The number of fused-ring (bicyclic) bond motifs is 4. The predicted molar refractivity (Wildman–Crippen MR) is 69.3 cm³/mol. The number of carbonyl (C=O) groups is 2. The lowest BCUT2D eigenvalue weighted by molar-refractivity contribution is -0.181. The first-order valence-electron chi connectivity index (χ1n) is 7.57. The topological polar surface area (TPSA) is 54.4 Å². The number of ketones is 2. The Labute approximate surface area is 113 Å². The molecule has 0 heterocycles. The normalized spacial score (nSPS) is 51.9. The fourth-order valence-corrected chi connectivity index (χ4v) is 5.49. The van der Waals surface area contributed by atoms with Crippen molar-refractivity contribution in [1.82, 2.24) is 0 Å². The van der Waals surface area contributed by atoms with Crippen LogP contribution in [0.1, 0.15) is 44.9 Å². The summed E-state index contributed by atoms with van der Waals surface area (Å²) in [6, 6.07) is 0. The second-order valence-electron chi connectivity index (χ2n) is 6.86. The molecule has 1 N–H and O–H groups in total. The molecule has 5 atom stereocenters. The number of Topliss-reactive ketones (excluding diaryl/α,β-unsaturated/α-hetero) is 2. The second-order valence-corrected chi connectivity index (χ2v) is 6.86. The lowest BCUT2D eigenvalue weighted by Crippen LogP contribution is -2.65. The minimum atomic E-state index is -1.40. The molecule has 3 heteroatoms. The van der Waals surface area contributed by atoms with Crippen LogP contribution in [0, 0.1) is 23.2 Å². The smallest absolute Gasteiger partial charge is 0.169 e. The molecule has 3 nitrogen and oxygen atoms in total. The van der Waals surface area contributed by atoms with Crippen LogP contribution in [0.2, 0.25) is 0 Å². The lowest BCUT2D eigenvalue weighted by atomic mass is 9.53. The van der Waals surface area contributed by atoms with Gasteiger partial charge in [0.25, 0.3) is 0 Å². The zero-order valence-corrected chi connectivity index (χ0v) is 11.1. The summed E-state index contributed by atoms with van der Waals surface area (Å²) >= 11 is 0. The first-order chi connectivity index (χ1) is 9.11. The standard InChI is InChI=1S/C16H20O3/c17-13-12-9-10-5-1-3-7-15(10,13)16(19)8-4-2-6-11(12)14(16)18/h2,4,10-12,19H,1,3,5-9H2/t10-,11+,12+,15+,16-/m0/s1. The van der Waals surface area contributed by atoms with Crippen molar-refractivity contribution in [2.24, 2.45) is 23.2 Å². The summed E-state index contributed by atoms with van der Waals surface area (Å²) in [6.45, 7) is 0. The molecule has 0 amide bonds. The van der Waals surface area contributed by atoms with E-state index in [2.05, 4.69) is 0 Å². The van der Waals surface area contributed by atoms with Crippen LogP contribution in [-0.2, 0) is 9.59 Å². The first kappa shape index (κ1) is 11.8. The van der Waals surface area contributed by atoms with E-state index in [0.29, 0.717) is 12.8 Å². The van der Waals surface area contributed by atoms with E-state index in [1.807, 2.05) is 12.2 Å². The van der Waals surface area contributed by atoms with Crippen molar-refractivity contribution in [1.29, 1.82) is 0 Å². The van der Waals surface area contributed by atoms with Crippen molar-refractivity contribution >= 4 is 11.6 Å². The van der Waals surface area contributed by atoms with Crippen LogP contribution in [0.25, 0.3) is 0 Å². The van der Waals surface area contributed by atoms with Crippen molar-refractivity contribution in [3.05, 3.63) is 12.2 Å². The molecule has 102 valence electrons. The molecule has 19 heavy (non-hydrogen) atoms. The highest BCUT2D eigenvalue weighted by Gasteiger charge is 2.73. The van der Waals surface area contributed by atoms with Gasteiger partial charge in [0.1, 0.15) is 11.4 Å². The molecule has 4 aliphatic rings. The highest BCUT2D eigenvalue weighted by Crippen LogP contribution is 2.64. The molecule has 0 aromatic carbocycles. The van der Waals surface area contributed by atoms with Crippen LogP contribution < -0.4 is 0 Å². The molecule has 0 unspecified atom stereocenters. The molecule has 0 aliphatic heterocycles. The quantitative estimate of drug-likeness (QED) is 0.678. The van der Waals surface area contributed by atoms with Crippen molar-refractivity contribution in [3.63, 3.8) is 0 Å². The van der Waals surface area contributed by atoms with Crippen molar-refractivity contribution in [3.8, 4) is 0 Å². The third-order valence-corrected chi connectivity index (χ3v) is 6.32. The van der Waals surface area contributed by atoms with Gasteiger partial charge in [-0.05, 0) is 31.6 Å². The molecule has 3 saturated carbocycles. The van der Waals surface area contributed by atoms with Gasteiger partial charge >= 0.3 is 0 Å². The number of rotatable bonds is 0. The third-order valence-electron chi connectivity index (χ3n) is 6.32. The van der Waals surface area contributed by atoms with Crippen molar-refractivity contribution in [2.75, 3.05) is 0 Å². The van der Waals surface area contributed by atoms with Crippen LogP contribution in [0.3, 0.4) is 0 Å². The van der Waals surface area contributed by atoms with Gasteiger partial charge < -0.3 is 5.11 Å². The Bertz CT molecular complexity index is 494. The highest BCUT2D eigenvalue weighted by molar-refractivity contribution is 6.07. The number of carbonyl (C=O) groups excluding carboxylic acids is 2. The highest BCUT2D eigenvalue weighted by atomic mass is 16.3. The molecule has 4 aliphatic carbocycles. The summed E-state index contributed by atoms with van der Waals surface area (Å²) in [5, 5.41) is 11.2. The van der Waals surface area contributed by atoms with E-state index < -0.39 is 11.0 Å². The maximum absolute atomic E-state index is 12.9. The largest absolute Gasteiger partial charge is 0.381 e. The Morgan fingerprint density at radius 1 is 1.11 bits per heavy atom. The molecular weight excluding hydrogens is 240 g/mol. The summed E-state index contributed by atoms with van der Waals surface area (Å²) in [7, 11) is 0. The molecule has 0 aromatic rings. The van der Waals surface area contributed by atoms with E-state index in [-0.39, 0.29) is 29.3 Å². The van der Waals surface area contributed by atoms with E-state index >= 15 is 0 Å². The van der Waals surface area contributed by atoms with Gasteiger partial charge in [-0.15, -0.1) is 0 Å². The molecule has 4 bridgehead atoms.